The summed E-state index contributed by atoms with van der Waals surface area (Å²) >= 11 is 0. The quantitative estimate of drug-likeness (QED) is 0.863. The monoisotopic (exact) mass is 284 g/mol. The molecule has 1 saturated heterocycles. The van der Waals surface area contributed by atoms with Crippen LogP contribution in [0.4, 0.5) is 4.79 Å². The molecule has 0 aromatic heterocycles. The van der Waals surface area contributed by atoms with Crippen molar-refractivity contribution in [3.8, 4) is 0 Å². The van der Waals surface area contributed by atoms with Gasteiger partial charge in [0.05, 0.1) is 5.41 Å². The smallest absolute Gasteiger partial charge is 0.320 e. The maximum atomic E-state index is 12.5. The molecule has 0 aromatic carbocycles. The largest absolute Gasteiger partial charge is 0.481 e. The molecule has 2 unspecified atom stereocenters. The van der Waals surface area contributed by atoms with E-state index in [1.807, 2.05) is 14.0 Å². The van der Waals surface area contributed by atoms with E-state index in [4.69, 9.17) is 0 Å². The summed E-state index contributed by atoms with van der Waals surface area (Å²) in [5.41, 5.74) is -0.809. The van der Waals surface area contributed by atoms with Gasteiger partial charge in [-0.05, 0) is 39.0 Å². The van der Waals surface area contributed by atoms with Gasteiger partial charge in [0.1, 0.15) is 0 Å². The van der Waals surface area contributed by atoms with E-state index in [0.717, 1.165) is 12.8 Å². The molecule has 5 heteroatoms. The molecule has 20 heavy (non-hydrogen) atoms. The molecule has 1 aliphatic rings. The number of rotatable bonds is 4. The standard InChI is InChI=1S/C15H28N2O3/c1-11(2)9-12(3)16(5)14(20)17-8-6-7-15(4,10-17)13(18)19/h11-12H,6-10H2,1-5H3,(H,18,19). The van der Waals surface area contributed by atoms with E-state index in [1.54, 1.807) is 16.7 Å². The van der Waals surface area contributed by atoms with Crippen LogP contribution in [0.1, 0.15) is 47.0 Å². The van der Waals surface area contributed by atoms with Crippen molar-refractivity contribution in [2.75, 3.05) is 20.1 Å². The number of hydrogen-bond donors (Lipinski definition) is 1. The zero-order chi connectivity index (χ0) is 15.5. The SMILES string of the molecule is CC(C)CC(C)N(C)C(=O)N1CCCC(C)(C(=O)O)C1. The minimum atomic E-state index is -0.812. The first kappa shape index (κ1) is 16.8. The average Bonchev–Trinajstić information content (AvgIpc) is 2.36. The summed E-state index contributed by atoms with van der Waals surface area (Å²) in [6, 6.07) is 0.117. The van der Waals surface area contributed by atoms with Gasteiger partial charge >= 0.3 is 12.0 Å². The number of carbonyl (C=O) groups is 2. The molecule has 0 spiro atoms. The van der Waals surface area contributed by atoms with E-state index in [1.165, 1.54) is 0 Å². The third-order valence-electron chi connectivity index (χ3n) is 4.26. The molecule has 0 aromatic rings. The van der Waals surface area contributed by atoms with Crippen LogP contribution in [0, 0.1) is 11.3 Å². The van der Waals surface area contributed by atoms with Gasteiger partial charge in [-0.15, -0.1) is 0 Å². The molecule has 0 bridgehead atoms. The molecule has 1 aliphatic heterocycles. The van der Waals surface area contributed by atoms with E-state index >= 15 is 0 Å². The molecule has 1 heterocycles. The number of piperidine rings is 1. The maximum Gasteiger partial charge on any atom is 0.320 e. The summed E-state index contributed by atoms with van der Waals surface area (Å²) in [5, 5.41) is 9.31. The number of carboxylic acid groups (broad SMARTS) is 1. The highest BCUT2D eigenvalue weighted by Gasteiger charge is 2.40. The Kier molecular flexibility index (Phi) is 5.42. The van der Waals surface area contributed by atoms with Gasteiger partial charge in [-0.25, -0.2) is 4.79 Å². The van der Waals surface area contributed by atoms with Gasteiger partial charge in [-0.1, -0.05) is 13.8 Å². The lowest BCUT2D eigenvalue weighted by atomic mass is 9.82. The molecule has 1 fully saturated rings. The minimum absolute atomic E-state index is 0.0506. The zero-order valence-corrected chi connectivity index (χ0v) is 13.3. The summed E-state index contributed by atoms with van der Waals surface area (Å²) in [6.07, 6.45) is 2.34. The van der Waals surface area contributed by atoms with Crippen LogP contribution in [0.2, 0.25) is 0 Å². The molecule has 5 nitrogen and oxygen atoms in total. The highest BCUT2D eigenvalue weighted by Crippen LogP contribution is 2.30. The molecule has 0 saturated carbocycles. The number of aliphatic carboxylic acids is 1. The first-order chi connectivity index (χ1) is 9.17. The second kappa shape index (κ2) is 6.46. The van der Waals surface area contributed by atoms with Gasteiger partial charge in [0, 0.05) is 26.2 Å². The predicted octanol–water partition coefficient (Wildman–Crippen LogP) is 2.66. The van der Waals surface area contributed by atoms with Crippen LogP contribution in [-0.2, 0) is 4.79 Å². The van der Waals surface area contributed by atoms with Crippen LogP contribution in [0.15, 0.2) is 0 Å². The van der Waals surface area contributed by atoms with E-state index in [0.29, 0.717) is 25.4 Å². The van der Waals surface area contributed by atoms with Crippen LogP contribution < -0.4 is 0 Å². The topological polar surface area (TPSA) is 60.9 Å². The van der Waals surface area contributed by atoms with Crippen LogP contribution >= 0.6 is 0 Å². The van der Waals surface area contributed by atoms with Crippen molar-refractivity contribution in [3.63, 3.8) is 0 Å². The molecule has 0 radical (unpaired) electrons. The summed E-state index contributed by atoms with van der Waals surface area (Å²) in [7, 11) is 1.81. The lowest BCUT2D eigenvalue weighted by molar-refractivity contribution is -0.150. The van der Waals surface area contributed by atoms with Crippen molar-refractivity contribution >= 4 is 12.0 Å². The van der Waals surface area contributed by atoms with Crippen molar-refractivity contribution < 1.29 is 14.7 Å². The first-order valence-corrected chi connectivity index (χ1v) is 7.42. The van der Waals surface area contributed by atoms with Gasteiger partial charge in [0.15, 0.2) is 0 Å². The Morgan fingerprint density at radius 1 is 1.35 bits per heavy atom. The maximum absolute atomic E-state index is 12.5. The van der Waals surface area contributed by atoms with Crippen LogP contribution in [0.3, 0.4) is 0 Å². The van der Waals surface area contributed by atoms with Crippen molar-refractivity contribution in [3.05, 3.63) is 0 Å². The van der Waals surface area contributed by atoms with Gasteiger partial charge in [-0.3, -0.25) is 4.79 Å². The lowest BCUT2D eigenvalue weighted by Gasteiger charge is -2.40. The van der Waals surface area contributed by atoms with E-state index in [-0.39, 0.29) is 12.1 Å². The molecule has 2 amide bonds. The minimum Gasteiger partial charge on any atom is -0.481 e. The molecule has 2 atom stereocenters. The lowest BCUT2D eigenvalue weighted by Crippen LogP contribution is -2.53. The van der Waals surface area contributed by atoms with E-state index < -0.39 is 11.4 Å². The van der Waals surface area contributed by atoms with Crippen molar-refractivity contribution in [2.24, 2.45) is 11.3 Å². The number of urea groups is 1. The average molecular weight is 284 g/mol. The number of carbonyl (C=O) groups excluding carboxylic acids is 1. The van der Waals surface area contributed by atoms with Gasteiger partial charge in [0.25, 0.3) is 0 Å². The Labute approximate surface area is 121 Å². The number of nitrogens with zero attached hydrogens (tertiary/aromatic N) is 2. The molecule has 116 valence electrons. The third kappa shape index (κ3) is 3.87. The number of carboxylic acids is 1. The zero-order valence-electron chi connectivity index (χ0n) is 13.3. The second-order valence-electron chi connectivity index (χ2n) is 6.76. The molecule has 1 N–H and O–H groups in total. The van der Waals surface area contributed by atoms with Gasteiger partial charge < -0.3 is 14.9 Å². The van der Waals surface area contributed by atoms with Crippen molar-refractivity contribution in [2.45, 2.75) is 53.0 Å². The Bertz CT molecular complexity index is 370. The highest BCUT2D eigenvalue weighted by molar-refractivity contribution is 5.78. The second-order valence-corrected chi connectivity index (χ2v) is 6.76. The van der Waals surface area contributed by atoms with Crippen molar-refractivity contribution in [1.29, 1.82) is 0 Å². The van der Waals surface area contributed by atoms with Crippen molar-refractivity contribution in [1.82, 2.24) is 9.80 Å². The Hall–Kier alpha value is -1.26. The highest BCUT2D eigenvalue weighted by atomic mass is 16.4. The number of likely N-dealkylation sites (tertiary alicyclic amines) is 1. The van der Waals surface area contributed by atoms with Crippen LogP contribution in [0.5, 0.6) is 0 Å². The first-order valence-electron chi connectivity index (χ1n) is 7.42. The molecule has 0 aliphatic carbocycles. The summed E-state index contributed by atoms with van der Waals surface area (Å²) in [4.78, 5) is 27.3. The van der Waals surface area contributed by atoms with Gasteiger partial charge in [-0.2, -0.15) is 0 Å². The van der Waals surface area contributed by atoms with Gasteiger partial charge in [0.2, 0.25) is 0 Å². The Balaban J connectivity index is 2.69. The Morgan fingerprint density at radius 3 is 2.45 bits per heavy atom. The Morgan fingerprint density at radius 2 is 1.95 bits per heavy atom. The summed E-state index contributed by atoms with van der Waals surface area (Å²) in [5.74, 6) is -0.279. The predicted molar refractivity (Wildman–Crippen MR) is 78.6 cm³/mol. The fourth-order valence-corrected chi connectivity index (χ4v) is 2.83. The molecular formula is C15H28N2O3. The van der Waals surface area contributed by atoms with Crippen LogP contribution in [-0.4, -0.2) is 53.1 Å². The summed E-state index contributed by atoms with van der Waals surface area (Å²) < 4.78 is 0. The van der Waals surface area contributed by atoms with Crippen LogP contribution in [0.25, 0.3) is 0 Å². The number of amides is 2. The summed E-state index contributed by atoms with van der Waals surface area (Å²) in [6.45, 7) is 9.00. The molecule has 1 rings (SSSR count). The third-order valence-corrected chi connectivity index (χ3v) is 4.26. The number of hydrogen-bond acceptors (Lipinski definition) is 2. The van der Waals surface area contributed by atoms with E-state index in [2.05, 4.69) is 13.8 Å². The van der Waals surface area contributed by atoms with E-state index in [9.17, 15) is 14.7 Å². The fraction of sp³-hybridized carbons (Fsp3) is 0.867. The fourth-order valence-electron chi connectivity index (χ4n) is 2.83. The normalized spacial score (nSPS) is 24.6. The molecular weight excluding hydrogens is 256 g/mol.